The zero-order chi connectivity index (χ0) is 18.8. The third kappa shape index (κ3) is 3.97. The van der Waals surface area contributed by atoms with E-state index in [1.165, 1.54) is 0 Å². The minimum atomic E-state index is 0.815. The van der Waals surface area contributed by atoms with Gasteiger partial charge in [0, 0.05) is 64.1 Å². The molecule has 0 aliphatic carbocycles. The summed E-state index contributed by atoms with van der Waals surface area (Å²) in [5, 5.41) is 12.7. The average Bonchev–Trinajstić information content (AvgIpc) is 3.25. The molecule has 0 bridgehead atoms. The second-order valence-electron chi connectivity index (χ2n) is 7.04. The maximum absolute atomic E-state index is 4.52. The van der Waals surface area contributed by atoms with Crippen LogP contribution in [0.2, 0.25) is 0 Å². The van der Waals surface area contributed by atoms with Crippen molar-refractivity contribution in [1.82, 2.24) is 39.6 Å². The van der Waals surface area contributed by atoms with Crippen molar-refractivity contribution in [2.75, 3.05) is 37.6 Å². The van der Waals surface area contributed by atoms with E-state index in [-0.39, 0.29) is 0 Å². The molecule has 0 saturated carbocycles. The molecule has 1 aliphatic heterocycles. The van der Waals surface area contributed by atoms with E-state index < -0.39 is 0 Å². The number of hydrogen-bond donors (Lipinski definition) is 0. The van der Waals surface area contributed by atoms with E-state index in [9.17, 15) is 0 Å². The first-order valence-electron chi connectivity index (χ1n) is 9.27. The van der Waals surface area contributed by atoms with Gasteiger partial charge in [-0.25, -0.2) is 14.6 Å². The number of aromatic nitrogens is 7. The highest BCUT2D eigenvalue weighted by Crippen LogP contribution is 2.17. The third-order valence-electron chi connectivity index (χ3n) is 4.90. The Labute approximate surface area is 158 Å². The van der Waals surface area contributed by atoms with Gasteiger partial charge in [-0.2, -0.15) is 5.10 Å². The van der Waals surface area contributed by atoms with Gasteiger partial charge in [0.15, 0.2) is 5.82 Å². The second-order valence-corrected chi connectivity index (χ2v) is 7.04. The lowest BCUT2D eigenvalue weighted by Gasteiger charge is -2.35. The van der Waals surface area contributed by atoms with Crippen LogP contribution in [0.5, 0.6) is 0 Å². The molecule has 3 aromatic heterocycles. The minimum absolute atomic E-state index is 0.815. The molecule has 142 valence electrons. The van der Waals surface area contributed by atoms with Crippen LogP contribution in [-0.2, 0) is 13.5 Å². The van der Waals surface area contributed by atoms with E-state index in [2.05, 4.69) is 41.2 Å². The van der Waals surface area contributed by atoms with Gasteiger partial charge in [-0.05, 0) is 19.9 Å². The van der Waals surface area contributed by atoms with Gasteiger partial charge < -0.3 is 4.90 Å². The van der Waals surface area contributed by atoms with Gasteiger partial charge in [-0.15, -0.1) is 5.10 Å². The van der Waals surface area contributed by atoms with Crippen LogP contribution >= 0.6 is 0 Å². The van der Waals surface area contributed by atoms with E-state index in [4.69, 9.17) is 0 Å². The second kappa shape index (κ2) is 7.43. The van der Waals surface area contributed by atoms with E-state index >= 15 is 0 Å². The van der Waals surface area contributed by atoms with Crippen LogP contribution in [0.3, 0.4) is 0 Å². The Bertz CT molecular complexity index is 905. The highest BCUT2D eigenvalue weighted by atomic mass is 15.4. The molecule has 0 N–H and O–H groups in total. The smallest absolute Gasteiger partial charge is 0.159 e. The molecule has 0 unspecified atom stereocenters. The van der Waals surface area contributed by atoms with E-state index in [1.54, 1.807) is 11.0 Å². The van der Waals surface area contributed by atoms with Crippen molar-refractivity contribution in [3.63, 3.8) is 0 Å². The van der Waals surface area contributed by atoms with Crippen molar-refractivity contribution in [1.29, 1.82) is 0 Å². The number of aryl methyl sites for hydroxylation is 3. The molecule has 0 radical (unpaired) electrons. The zero-order valence-corrected chi connectivity index (χ0v) is 16.1. The van der Waals surface area contributed by atoms with Crippen molar-refractivity contribution in [2.24, 2.45) is 7.05 Å². The predicted octanol–water partition coefficient (Wildman–Crippen LogP) is 0.772. The largest absolute Gasteiger partial charge is 0.354 e. The molecule has 0 spiro atoms. The van der Waals surface area contributed by atoms with Crippen molar-refractivity contribution in [3.05, 3.63) is 41.7 Å². The highest BCUT2D eigenvalue weighted by Gasteiger charge is 2.19. The maximum Gasteiger partial charge on any atom is 0.159 e. The summed E-state index contributed by atoms with van der Waals surface area (Å²) in [4.78, 5) is 13.7. The van der Waals surface area contributed by atoms with Crippen LogP contribution in [0.15, 0.2) is 24.7 Å². The molecule has 4 heterocycles. The summed E-state index contributed by atoms with van der Waals surface area (Å²) in [6.07, 6.45) is 4.54. The fourth-order valence-electron chi connectivity index (χ4n) is 3.47. The summed E-state index contributed by atoms with van der Waals surface area (Å²) < 4.78 is 3.63. The molecule has 1 fully saturated rings. The van der Waals surface area contributed by atoms with Crippen molar-refractivity contribution in [3.8, 4) is 5.82 Å². The zero-order valence-electron chi connectivity index (χ0n) is 16.1. The SMILES string of the molecule is Cc1cc(C)n(-c2cc(N3CCN(CCc4cn(C)nn4)CC3)ncn2)n1. The Balaban J connectivity index is 1.37. The summed E-state index contributed by atoms with van der Waals surface area (Å²) in [6, 6.07) is 4.08. The summed E-state index contributed by atoms with van der Waals surface area (Å²) in [5.74, 6) is 1.77. The van der Waals surface area contributed by atoms with E-state index in [0.717, 1.165) is 67.9 Å². The first-order valence-corrected chi connectivity index (χ1v) is 9.27. The van der Waals surface area contributed by atoms with Crippen LogP contribution in [-0.4, -0.2) is 72.4 Å². The van der Waals surface area contributed by atoms with Gasteiger partial charge in [-0.3, -0.25) is 9.58 Å². The van der Waals surface area contributed by atoms with Crippen LogP contribution in [0.1, 0.15) is 17.1 Å². The number of rotatable bonds is 5. The topological polar surface area (TPSA) is 80.8 Å². The lowest BCUT2D eigenvalue weighted by molar-refractivity contribution is 0.259. The van der Waals surface area contributed by atoms with Crippen LogP contribution < -0.4 is 4.90 Å². The molecule has 1 saturated heterocycles. The van der Waals surface area contributed by atoms with Gasteiger partial charge in [0.2, 0.25) is 0 Å². The Morgan fingerprint density at radius 1 is 1.00 bits per heavy atom. The normalized spacial score (nSPS) is 15.4. The summed E-state index contributed by atoms with van der Waals surface area (Å²) >= 11 is 0. The monoisotopic (exact) mass is 367 g/mol. The first kappa shape index (κ1) is 17.6. The van der Waals surface area contributed by atoms with Crippen molar-refractivity contribution >= 4 is 5.82 Å². The third-order valence-corrected chi connectivity index (χ3v) is 4.90. The fraction of sp³-hybridized carbons (Fsp3) is 0.500. The molecule has 4 rings (SSSR count). The number of anilines is 1. The van der Waals surface area contributed by atoms with Crippen molar-refractivity contribution < 1.29 is 0 Å². The first-order chi connectivity index (χ1) is 13.1. The summed E-state index contributed by atoms with van der Waals surface area (Å²) in [6.45, 7) is 8.97. The Morgan fingerprint density at radius 2 is 1.78 bits per heavy atom. The maximum atomic E-state index is 4.52. The fourth-order valence-corrected chi connectivity index (χ4v) is 3.47. The summed E-state index contributed by atoms with van der Waals surface area (Å²) in [5.41, 5.74) is 3.11. The van der Waals surface area contributed by atoms with Crippen LogP contribution in [0.4, 0.5) is 5.82 Å². The van der Waals surface area contributed by atoms with Crippen molar-refractivity contribution in [2.45, 2.75) is 20.3 Å². The molecular formula is C18H25N9. The molecule has 3 aromatic rings. The molecule has 9 nitrogen and oxygen atoms in total. The summed E-state index contributed by atoms with van der Waals surface area (Å²) in [7, 11) is 1.90. The lowest BCUT2D eigenvalue weighted by Crippen LogP contribution is -2.47. The van der Waals surface area contributed by atoms with E-state index in [1.807, 2.05) is 37.8 Å². The van der Waals surface area contributed by atoms with Gasteiger partial charge in [-0.1, -0.05) is 5.21 Å². The predicted molar refractivity (Wildman–Crippen MR) is 102 cm³/mol. The van der Waals surface area contributed by atoms with E-state index in [0.29, 0.717) is 0 Å². The lowest BCUT2D eigenvalue weighted by atomic mass is 10.2. The molecule has 9 heteroatoms. The van der Waals surface area contributed by atoms with Gasteiger partial charge in [0.25, 0.3) is 0 Å². The Morgan fingerprint density at radius 3 is 2.44 bits per heavy atom. The highest BCUT2D eigenvalue weighted by molar-refractivity contribution is 5.44. The number of piperazine rings is 1. The molecule has 0 aromatic carbocycles. The van der Waals surface area contributed by atoms with Gasteiger partial charge in [0.1, 0.15) is 12.1 Å². The number of hydrogen-bond acceptors (Lipinski definition) is 7. The van der Waals surface area contributed by atoms with Gasteiger partial charge in [0.05, 0.1) is 11.4 Å². The molecule has 0 amide bonds. The van der Waals surface area contributed by atoms with Crippen LogP contribution in [0.25, 0.3) is 5.82 Å². The quantitative estimate of drug-likeness (QED) is 0.659. The molecule has 27 heavy (non-hydrogen) atoms. The minimum Gasteiger partial charge on any atom is -0.354 e. The van der Waals surface area contributed by atoms with Crippen LogP contribution in [0, 0.1) is 13.8 Å². The molecule has 0 atom stereocenters. The molecule has 1 aliphatic rings. The standard InChI is InChI=1S/C18H25N9/c1-14-10-15(2)27(22-14)18-11-17(19-13-20-18)26-8-6-25(7-9-26)5-4-16-12-24(3)23-21-16/h10-13H,4-9H2,1-3H3. The Hall–Kier alpha value is -2.81. The number of nitrogens with zero attached hydrogens (tertiary/aromatic N) is 9. The van der Waals surface area contributed by atoms with Gasteiger partial charge >= 0.3 is 0 Å². The molecular weight excluding hydrogens is 342 g/mol. The Kier molecular flexibility index (Phi) is 4.85. The average molecular weight is 367 g/mol.